The summed E-state index contributed by atoms with van der Waals surface area (Å²) in [5.41, 5.74) is 1.12. The number of carbonyl (C=O) groups excluding carboxylic acids is 1. The molecule has 0 aromatic heterocycles. The molecule has 0 fully saturated rings. The topological polar surface area (TPSA) is 59.0 Å². The Hall–Kier alpha value is -1.85. The smallest absolute Gasteiger partial charge is 0.415 e. The zero-order valence-electron chi connectivity index (χ0n) is 18.2. The first kappa shape index (κ1) is 24.2. The minimum Gasteiger partial charge on any atom is -0.415 e. The van der Waals surface area contributed by atoms with Crippen molar-refractivity contribution in [2.75, 3.05) is 6.61 Å². The van der Waals surface area contributed by atoms with Gasteiger partial charge in [-0.2, -0.15) is 0 Å². The maximum absolute atomic E-state index is 12.5. The van der Waals surface area contributed by atoms with Crippen LogP contribution in [0.25, 0.3) is 0 Å². The molecule has 0 saturated carbocycles. The third-order valence-corrected chi connectivity index (χ3v) is 4.64. The number of ether oxygens (including phenoxy) is 2. The van der Waals surface area contributed by atoms with Crippen LogP contribution in [0.1, 0.15) is 59.9 Å². The van der Waals surface area contributed by atoms with Gasteiger partial charge in [0.1, 0.15) is 5.76 Å². The lowest BCUT2D eigenvalue weighted by molar-refractivity contribution is 0.0709. The second-order valence-electron chi connectivity index (χ2n) is 7.71. The van der Waals surface area contributed by atoms with Crippen LogP contribution in [0.15, 0.2) is 42.2 Å². The number of benzene rings is 1. The van der Waals surface area contributed by atoms with E-state index in [-0.39, 0.29) is 24.1 Å². The molecule has 0 aliphatic rings. The quantitative estimate of drug-likeness (QED) is 0.419. The number of aliphatic hydroxyl groups is 1. The predicted molar refractivity (Wildman–Crippen MR) is 113 cm³/mol. The Morgan fingerprint density at radius 2 is 1.75 bits per heavy atom. The number of nitrogens with zero attached hydrogens (tertiary/aromatic N) is 1. The second-order valence-corrected chi connectivity index (χ2v) is 7.71. The molecule has 1 aromatic carbocycles. The molecule has 1 amide bonds. The van der Waals surface area contributed by atoms with Gasteiger partial charge in [0.15, 0.2) is 0 Å². The first-order valence-electron chi connectivity index (χ1n) is 10.2. The Kier molecular flexibility index (Phi) is 10.9. The van der Waals surface area contributed by atoms with Gasteiger partial charge in [-0.05, 0) is 59.1 Å². The van der Waals surface area contributed by atoms with Crippen LogP contribution in [0.4, 0.5) is 4.79 Å². The van der Waals surface area contributed by atoms with Gasteiger partial charge >= 0.3 is 6.09 Å². The molecule has 0 aliphatic heterocycles. The van der Waals surface area contributed by atoms with Crippen molar-refractivity contribution in [3.05, 3.63) is 47.7 Å². The van der Waals surface area contributed by atoms with E-state index in [1.165, 1.54) is 0 Å². The lowest BCUT2D eigenvalue weighted by Crippen LogP contribution is -2.42. The van der Waals surface area contributed by atoms with Crippen LogP contribution in [0.3, 0.4) is 0 Å². The largest absolute Gasteiger partial charge is 0.415 e. The summed E-state index contributed by atoms with van der Waals surface area (Å²) in [6.07, 6.45) is 2.28. The number of hydrogen-bond acceptors (Lipinski definition) is 4. The summed E-state index contributed by atoms with van der Waals surface area (Å²) in [6, 6.07) is 10.1. The molecule has 158 valence electrons. The minimum atomic E-state index is -0.500. The normalized spacial score (nSPS) is 14.2. The summed E-state index contributed by atoms with van der Waals surface area (Å²) in [6.45, 7) is 12.6. The maximum Gasteiger partial charge on any atom is 0.415 e. The van der Waals surface area contributed by atoms with E-state index in [4.69, 9.17) is 9.47 Å². The Bertz CT molecular complexity index is 590. The van der Waals surface area contributed by atoms with Crippen molar-refractivity contribution in [2.45, 2.75) is 79.2 Å². The molecule has 1 aromatic rings. The van der Waals surface area contributed by atoms with E-state index in [1.54, 1.807) is 11.8 Å². The number of rotatable bonds is 11. The zero-order valence-corrected chi connectivity index (χ0v) is 18.2. The summed E-state index contributed by atoms with van der Waals surface area (Å²) in [4.78, 5) is 14.2. The first-order valence-corrected chi connectivity index (χ1v) is 10.2. The van der Waals surface area contributed by atoms with Crippen LogP contribution in [0.2, 0.25) is 0 Å². The van der Waals surface area contributed by atoms with Crippen LogP contribution in [-0.2, 0) is 16.1 Å². The van der Waals surface area contributed by atoms with Crippen molar-refractivity contribution in [1.29, 1.82) is 0 Å². The fraction of sp³-hybridized carbons (Fsp3) is 0.609. The molecule has 0 spiro atoms. The molecule has 1 N–H and O–H groups in total. The fourth-order valence-corrected chi connectivity index (χ4v) is 3.22. The second kappa shape index (κ2) is 12.6. The molecule has 5 heteroatoms. The highest BCUT2D eigenvalue weighted by atomic mass is 16.6. The molecule has 0 heterocycles. The van der Waals surface area contributed by atoms with E-state index in [2.05, 4.69) is 0 Å². The Labute approximate surface area is 170 Å². The highest BCUT2D eigenvalue weighted by molar-refractivity contribution is 5.69. The van der Waals surface area contributed by atoms with Crippen molar-refractivity contribution >= 4 is 6.09 Å². The Balaban J connectivity index is 2.63. The number of carbonyl (C=O) groups is 1. The predicted octanol–water partition coefficient (Wildman–Crippen LogP) is 5.14. The molecule has 0 bridgehead atoms. The van der Waals surface area contributed by atoms with Crippen LogP contribution in [0.5, 0.6) is 0 Å². The summed E-state index contributed by atoms with van der Waals surface area (Å²) in [7, 11) is 0. The maximum atomic E-state index is 12.5. The first-order chi connectivity index (χ1) is 13.3. The number of aliphatic hydroxyl groups excluding tert-OH is 1. The van der Waals surface area contributed by atoms with Crippen LogP contribution in [0, 0.1) is 5.92 Å². The summed E-state index contributed by atoms with van der Waals surface area (Å²) in [5, 5.41) is 10.4. The molecular formula is C23H37NO4. The van der Waals surface area contributed by atoms with E-state index in [0.717, 1.165) is 5.56 Å². The van der Waals surface area contributed by atoms with Crippen LogP contribution >= 0.6 is 0 Å². The van der Waals surface area contributed by atoms with Gasteiger partial charge in [-0.1, -0.05) is 37.3 Å². The lowest BCUT2D eigenvalue weighted by atomic mass is 9.96. The van der Waals surface area contributed by atoms with E-state index >= 15 is 0 Å². The van der Waals surface area contributed by atoms with Crippen molar-refractivity contribution in [2.24, 2.45) is 5.92 Å². The molecule has 0 aliphatic carbocycles. The molecule has 0 unspecified atom stereocenters. The van der Waals surface area contributed by atoms with E-state index in [1.807, 2.05) is 71.0 Å². The third-order valence-electron chi connectivity index (χ3n) is 4.64. The number of amides is 1. The summed E-state index contributed by atoms with van der Waals surface area (Å²) in [5.74, 6) is 0.386. The van der Waals surface area contributed by atoms with Gasteiger partial charge in [-0.25, -0.2) is 4.79 Å². The Morgan fingerprint density at radius 3 is 2.29 bits per heavy atom. The molecule has 0 saturated heterocycles. The van der Waals surface area contributed by atoms with Gasteiger partial charge in [-0.15, -0.1) is 0 Å². The van der Waals surface area contributed by atoms with Crippen molar-refractivity contribution in [3.8, 4) is 0 Å². The average Bonchev–Trinajstić information content (AvgIpc) is 2.63. The van der Waals surface area contributed by atoms with Gasteiger partial charge in [0.25, 0.3) is 0 Å². The molecular weight excluding hydrogens is 354 g/mol. The monoisotopic (exact) mass is 391 g/mol. The average molecular weight is 392 g/mol. The zero-order chi connectivity index (χ0) is 21.1. The van der Waals surface area contributed by atoms with E-state index < -0.39 is 6.10 Å². The molecule has 28 heavy (non-hydrogen) atoms. The van der Waals surface area contributed by atoms with Crippen molar-refractivity contribution in [3.63, 3.8) is 0 Å². The molecule has 2 atom stereocenters. The van der Waals surface area contributed by atoms with E-state index in [9.17, 15) is 9.90 Å². The van der Waals surface area contributed by atoms with Crippen molar-refractivity contribution < 1.29 is 19.4 Å². The van der Waals surface area contributed by atoms with Crippen LogP contribution in [-0.4, -0.2) is 40.9 Å². The number of allylic oxidation sites excluding steroid dienone is 1. The SMILES string of the molecule is CC[C@H](O)[C@@H](/C=C(/C)OC(=O)N(C(C)C)C(C)C)CCOCc1ccccc1. The van der Waals surface area contributed by atoms with Gasteiger partial charge in [0, 0.05) is 24.6 Å². The van der Waals surface area contributed by atoms with Gasteiger partial charge in [0.2, 0.25) is 0 Å². The molecule has 1 rings (SSSR count). The highest BCUT2D eigenvalue weighted by Crippen LogP contribution is 2.19. The van der Waals surface area contributed by atoms with Gasteiger partial charge in [-0.3, -0.25) is 0 Å². The van der Waals surface area contributed by atoms with Gasteiger partial charge in [0.05, 0.1) is 12.7 Å². The third kappa shape index (κ3) is 8.44. The van der Waals surface area contributed by atoms with E-state index in [0.29, 0.717) is 31.8 Å². The van der Waals surface area contributed by atoms with Crippen LogP contribution < -0.4 is 0 Å². The summed E-state index contributed by atoms with van der Waals surface area (Å²) >= 11 is 0. The Morgan fingerprint density at radius 1 is 1.14 bits per heavy atom. The van der Waals surface area contributed by atoms with Gasteiger partial charge < -0.3 is 19.5 Å². The number of hydrogen-bond donors (Lipinski definition) is 1. The molecule has 0 radical (unpaired) electrons. The highest BCUT2D eigenvalue weighted by Gasteiger charge is 2.23. The summed E-state index contributed by atoms with van der Waals surface area (Å²) < 4.78 is 11.3. The fourth-order valence-electron chi connectivity index (χ4n) is 3.22. The minimum absolute atomic E-state index is 0.0590. The molecule has 5 nitrogen and oxygen atoms in total. The standard InChI is InChI=1S/C23H37NO4/c1-7-22(25)21(13-14-27-16-20-11-9-8-10-12-20)15-19(6)28-23(26)24(17(2)3)18(4)5/h8-12,15,17-18,21-22,25H,7,13-14,16H2,1-6H3/b19-15-/t21-,22+/m1/s1. The van der Waals surface area contributed by atoms with Crippen molar-refractivity contribution in [1.82, 2.24) is 4.90 Å². The lowest BCUT2D eigenvalue weighted by Gasteiger charge is -2.30.